The Hall–Kier alpha value is -1.55. The third kappa shape index (κ3) is 2.82. The molecule has 0 saturated carbocycles. The van der Waals surface area contributed by atoms with E-state index in [1.165, 1.54) is 22.3 Å². The van der Waals surface area contributed by atoms with Gasteiger partial charge in [-0.25, -0.2) is 9.97 Å². The van der Waals surface area contributed by atoms with Crippen molar-refractivity contribution in [2.75, 3.05) is 5.73 Å². The molecule has 0 fully saturated rings. The van der Waals surface area contributed by atoms with E-state index < -0.39 is 0 Å². The van der Waals surface area contributed by atoms with Gasteiger partial charge in [0, 0.05) is 18.1 Å². The van der Waals surface area contributed by atoms with Crippen molar-refractivity contribution < 1.29 is 0 Å². The molecule has 0 atom stereocenters. The number of aryl methyl sites for hydroxylation is 3. The lowest BCUT2D eigenvalue weighted by Crippen LogP contribution is -1.97. The second kappa shape index (κ2) is 5.40. The number of nitrogens with zero attached hydrogens (tertiary/aromatic N) is 2. The predicted molar refractivity (Wildman–Crippen MR) is 76.7 cm³/mol. The number of aromatic nitrogens is 2. The van der Waals surface area contributed by atoms with E-state index in [4.69, 9.17) is 5.73 Å². The molecule has 0 spiro atoms. The van der Waals surface area contributed by atoms with Crippen LogP contribution in [0.15, 0.2) is 29.6 Å². The van der Waals surface area contributed by atoms with Crippen LogP contribution in [-0.2, 0) is 5.75 Å². The lowest BCUT2D eigenvalue weighted by molar-refractivity contribution is 1.07. The summed E-state index contributed by atoms with van der Waals surface area (Å²) < 4.78 is 0. The van der Waals surface area contributed by atoms with Crippen LogP contribution in [0.1, 0.15) is 22.3 Å². The highest BCUT2D eigenvalue weighted by Crippen LogP contribution is 2.27. The minimum Gasteiger partial charge on any atom is -0.381 e. The Balaban J connectivity index is 2.19. The van der Waals surface area contributed by atoms with E-state index in [0.717, 1.165) is 10.8 Å². The number of thioether (sulfide) groups is 1. The Morgan fingerprint density at radius 3 is 2.28 bits per heavy atom. The molecule has 1 aromatic carbocycles. The fourth-order valence-electron chi connectivity index (χ4n) is 2.03. The second-order valence-corrected chi connectivity index (χ2v) is 5.38. The molecule has 18 heavy (non-hydrogen) atoms. The van der Waals surface area contributed by atoms with Gasteiger partial charge in [-0.1, -0.05) is 29.5 Å². The second-order valence-electron chi connectivity index (χ2n) is 4.41. The summed E-state index contributed by atoms with van der Waals surface area (Å²) in [6.07, 6.45) is 3.29. The Bertz CT molecular complexity index is 544. The number of benzene rings is 1. The summed E-state index contributed by atoms with van der Waals surface area (Å²) in [5.74, 6) is 1.38. The third-order valence-corrected chi connectivity index (χ3v) is 3.91. The first kappa shape index (κ1) is 12.9. The monoisotopic (exact) mass is 259 g/mol. The minimum atomic E-state index is 0.505. The average molecular weight is 259 g/mol. The molecule has 1 heterocycles. The van der Waals surface area contributed by atoms with Crippen LogP contribution in [0, 0.1) is 20.8 Å². The summed E-state index contributed by atoms with van der Waals surface area (Å²) >= 11 is 1.64. The van der Waals surface area contributed by atoms with E-state index in [9.17, 15) is 0 Å². The zero-order valence-corrected chi connectivity index (χ0v) is 11.7. The Kier molecular flexibility index (Phi) is 3.87. The van der Waals surface area contributed by atoms with Crippen LogP contribution in [0.2, 0.25) is 0 Å². The maximum Gasteiger partial charge on any atom is 0.156 e. The molecule has 2 aromatic rings. The molecular formula is C14H17N3S. The molecule has 3 nitrogen and oxygen atoms in total. The maximum atomic E-state index is 5.79. The van der Waals surface area contributed by atoms with Crippen LogP contribution in [0.3, 0.4) is 0 Å². The van der Waals surface area contributed by atoms with Gasteiger partial charge in [-0.2, -0.15) is 0 Å². The van der Waals surface area contributed by atoms with E-state index in [2.05, 4.69) is 42.9 Å². The van der Waals surface area contributed by atoms with Gasteiger partial charge >= 0.3 is 0 Å². The third-order valence-electron chi connectivity index (χ3n) is 2.88. The summed E-state index contributed by atoms with van der Waals surface area (Å²) in [4.78, 5) is 8.29. The standard InChI is InChI=1S/C14H17N3S/c1-9-6-10(2)12(11(3)7-9)8-18-14-13(15)16-4-5-17-14/h4-7H,8H2,1-3H3,(H2,15,16). The lowest BCUT2D eigenvalue weighted by atomic mass is 10.0. The van der Waals surface area contributed by atoms with E-state index in [-0.39, 0.29) is 0 Å². The van der Waals surface area contributed by atoms with E-state index >= 15 is 0 Å². The molecule has 0 radical (unpaired) electrons. The van der Waals surface area contributed by atoms with Crippen LogP contribution >= 0.6 is 11.8 Å². The Labute approximate surface area is 112 Å². The van der Waals surface area contributed by atoms with Crippen molar-refractivity contribution in [3.05, 3.63) is 46.8 Å². The summed E-state index contributed by atoms with van der Waals surface area (Å²) in [6.45, 7) is 6.42. The number of hydrogen-bond acceptors (Lipinski definition) is 4. The number of nitrogen functional groups attached to an aromatic ring is 1. The molecule has 0 aliphatic rings. The van der Waals surface area contributed by atoms with Crippen LogP contribution in [0.5, 0.6) is 0 Å². The predicted octanol–water partition coefficient (Wildman–Crippen LogP) is 3.28. The van der Waals surface area contributed by atoms with Crippen molar-refractivity contribution in [1.29, 1.82) is 0 Å². The van der Waals surface area contributed by atoms with Crippen molar-refractivity contribution in [3.63, 3.8) is 0 Å². The highest BCUT2D eigenvalue weighted by atomic mass is 32.2. The quantitative estimate of drug-likeness (QED) is 0.859. The number of anilines is 1. The Morgan fingerprint density at radius 2 is 1.67 bits per heavy atom. The number of hydrogen-bond donors (Lipinski definition) is 1. The molecule has 0 saturated heterocycles. The topological polar surface area (TPSA) is 51.8 Å². The summed E-state index contributed by atoms with van der Waals surface area (Å²) in [6, 6.07) is 4.42. The average Bonchev–Trinajstić information content (AvgIpc) is 2.30. The molecular weight excluding hydrogens is 242 g/mol. The van der Waals surface area contributed by atoms with Crippen LogP contribution in [0.4, 0.5) is 5.82 Å². The van der Waals surface area contributed by atoms with Gasteiger partial charge in [0.25, 0.3) is 0 Å². The van der Waals surface area contributed by atoms with Gasteiger partial charge < -0.3 is 5.73 Å². The molecule has 0 bridgehead atoms. The summed E-state index contributed by atoms with van der Waals surface area (Å²) in [7, 11) is 0. The first-order chi connectivity index (χ1) is 8.58. The van der Waals surface area contributed by atoms with Gasteiger partial charge in [0.1, 0.15) is 5.03 Å². The van der Waals surface area contributed by atoms with Crippen molar-refractivity contribution in [1.82, 2.24) is 9.97 Å². The zero-order valence-electron chi connectivity index (χ0n) is 10.9. The molecule has 4 heteroatoms. The normalized spacial score (nSPS) is 10.6. The molecule has 94 valence electrons. The maximum absolute atomic E-state index is 5.79. The fourth-order valence-corrected chi connectivity index (χ4v) is 3.10. The highest BCUT2D eigenvalue weighted by molar-refractivity contribution is 7.98. The van der Waals surface area contributed by atoms with Gasteiger partial charge in [-0.15, -0.1) is 0 Å². The molecule has 0 unspecified atom stereocenters. The first-order valence-corrected chi connectivity index (χ1v) is 6.82. The number of nitrogens with two attached hydrogens (primary N) is 1. The van der Waals surface area contributed by atoms with Crippen molar-refractivity contribution in [3.8, 4) is 0 Å². The van der Waals surface area contributed by atoms with Crippen molar-refractivity contribution >= 4 is 17.6 Å². The summed E-state index contributed by atoms with van der Waals surface area (Å²) in [5.41, 5.74) is 11.1. The van der Waals surface area contributed by atoms with Crippen LogP contribution < -0.4 is 5.73 Å². The Morgan fingerprint density at radius 1 is 1.06 bits per heavy atom. The largest absolute Gasteiger partial charge is 0.381 e. The van der Waals surface area contributed by atoms with Crippen molar-refractivity contribution in [2.24, 2.45) is 0 Å². The fraction of sp³-hybridized carbons (Fsp3) is 0.286. The minimum absolute atomic E-state index is 0.505. The molecule has 0 amide bonds. The van der Waals surface area contributed by atoms with Gasteiger partial charge in [0.2, 0.25) is 0 Å². The number of rotatable bonds is 3. The van der Waals surface area contributed by atoms with E-state index in [0.29, 0.717) is 5.82 Å². The van der Waals surface area contributed by atoms with Gasteiger partial charge in [0.05, 0.1) is 0 Å². The highest BCUT2D eigenvalue weighted by Gasteiger charge is 2.07. The van der Waals surface area contributed by atoms with Gasteiger partial charge in [-0.05, 0) is 37.5 Å². The first-order valence-electron chi connectivity index (χ1n) is 5.84. The molecule has 0 aliphatic carbocycles. The summed E-state index contributed by atoms with van der Waals surface area (Å²) in [5, 5.41) is 0.803. The smallest absolute Gasteiger partial charge is 0.156 e. The van der Waals surface area contributed by atoms with Crippen LogP contribution in [0.25, 0.3) is 0 Å². The molecule has 1 aromatic heterocycles. The van der Waals surface area contributed by atoms with Gasteiger partial charge in [0.15, 0.2) is 5.82 Å². The van der Waals surface area contributed by atoms with Crippen LogP contribution in [-0.4, -0.2) is 9.97 Å². The van der Waals surface area contributed by atoms with E-state index in [1.807, 2.05) is 0 Å². The molecule has 0 aliphatic heterocycles. The molecule has 2 rings (SSSR count). The van der Waals surface area contributed by atoms with E-state index in [1.54, 1.807) is 24.2 Å². The zero-order chi connectivity index (χ0) is 13.1. The van der Waals surface area contributed by atoms with Gasteiger partial charge in [-0.3, -0.25) is 0 Å². The molecule has 2 N–H and O–H groups in total. The SMILES string of the molecule is Cc1cc(C)c(CSc2nccnc2N)c(C)c1. The lowest BCUT2D eigenvalue weighted by Gasteiger charge is -2.11. The van der Waals surface area contributed by atoms with Crippen molar-refractivity contribution in [2.45, 2.75) is 31.6 Å².